The zero-order valence-corrected chi connectivity index (χ0v) is 16.5. The van der Waals surface area contributed by atoms with Gasteiger partial charge in [0.25, 0.3) is 0 Å². The van der Waals surface area contributed by atoms with Gasteiger partial charge in [0.15, 0.2) is 11.5 Å². The molecule has 6 heteroatoms. The standard InChI is InChI=1S/C23H22N4O2/c1-28-19-8-15-18(9-20(19)29-2)25-12-26-23(15)27-11-14-4-3-5-17-21(14)16(10-24-17)22(27)13-6-7-13/h3-5,8-10,12-13,22,24H,6-7,11H2,1-2H3. The smallest absolute Gasteiger partial charge is 0.162 e. The van der Waals surface area contributed by atoms with E-state index >= 15 is 0 Å². The quantitative estimate of drug-likeness (QED) is 0.555. The van der Waals surface area contributed by atoms with Crippen molar-refractivity contribution in [1.29, 1.82) is 0 Å². The second kappa shape index (κ2) is 6.11. The number of aromatic amines is 1. The van der Waals surface area contributed by atoms with Crippen molar-refractivity contribution in [3.05, 3.63) is 54.0 Å². The fourth-order valence-electron chi connectivity index (χ4n) is 4.83. The predicted octanol–water partition coefficient (Wildman–Crippen LogP) is 4.60. The van der Waals surface area contributed by atoms with Gasteiger partial charge in [-0.2, -0.15) is 0 Å². The van der Waals surface area contributed by atoms with Crippen LogP contribution < -0.4 is 14.4 Å². The zero-order chi connectivity index (χ0) is 19.5. The van der Waals surface area contributed by atoms with Gasteiger partial charge < -0.3 is 19.4 Å². The number of rotatable bonds is 4. The van der Waals surface area contributed by atoms with Crippen LogP contribution in [-0.2, 0) is 6.54 Å². The molecule has 0 radical (unpaired) electrons. The Bertz CT molecular complexity index is 1240. The molecule has 1 unspecified atom stereocenters. The maximum Gasteiger partial charge on any atom is 0.162 e. The van der Waals surface area contributed by atoms with Crippen molar-refractivity contribution in [1.82, 2.24) is 15.0 Å². The van der Waals surface area contributed by atoms with Crippen LogP contribution in [0.15, 0.2) is 42.9 Å². The molecule has 146 valence electrons. The summed E-state index contributed by atoms with van der Waals surface area (Å²) in [5.74, 6) is 2.99. The van der Waals surface area contributed by atoms with Crippen LogP contribution in [0.5, 0.6) is 11.5 Å². The molecule has 4 aromatic rings. The number of fused-ring (bicyclic) bond motifs is 1. The van der Waals surface area contributed by atoms with Crippen molar-refractivity contribution in [2.24, 2.45) is 5.92 Å². The van der Waals surface area contributed by atoms with E-state index in [1.165, 1.54) is 34.9 Å². The molecule has 0 saturated heterocycles. The largest absolute Gasteiger partial charge is 0.493 e. The van der Waals surface area contributed by atoms with Gasteiger partial charge in [-0.1, -0.05) is 12.1 Å². The molecule has 29 heavy (non-hydrogen) atoms. The fourth-order valence-corrected chi connectivity index (χ4v) is 4.83. The summed E-state index contributed by atoms with van der Waals surface area (Å²) in [6.45, 7) is 0.837. The monoisotopic (exact) mass is 386 g/mol. The second-order valence-electron chi connectivity index (χ2n) is 7.92. The summed E-state index contributed by atoms with van der Waals surface area (Å²) in [6.07, 6.45) is 6.36. The van der Waals surface area contributed by atoms with Gasteiger partial charge in [0, 0.05) is 40.7 Å². The highest BCUT2D eigenvalue weighted by atomic mass is 16.5. The minimum Gasteiger partial charge on any atom is -0.493 e. The van der Waals surface area contributed by atoms with Crippen molar-refractivity contribution >= 4 is 27.6 Å². The van der Waals surface area contributed by atoms with Crippen LogP contribution in [0.25, 0.3) is 21.8 Å². The number of hydrogen-bond acceptors (Lipinski definition) is 5. The Hall–Kier alpha value is -3.28. The molecule has 2 aromatic carbocycles. The summed E-state index contributed by atoms with van der Waals surface area (Å²) in [4.78, 5) is 15.2. The lowest BCUT2D eigenvalue weighted by Crippen LogP contribution is -2.33. The van der Waals surface area contributed by atoms with Crippen molar-refractivity contribution in [3.8, 4) is 11.5 Å². The third kappa shape index (κ3) is 2.41. The molecule has 1 aliphatic heterocycles. The van der Waals surface area contributed by atoms with Crippen LogP contribution in [0.4, 0.5) is 5.82 Å². The molecule has 0 amide bonds. The van der Waals surface area contributed by atoms with E-state index < -0.39 is 0 Å². The molecule has 0 bridgehead atoms. The molecule has 1 fully saturated rings. The Morgan fingerprint density at radius 3 is 2.69 bits per heavy atom. The fraction of sp³-hybridized carbons (Fsp3) is 0.304. The van der Waals surface area contributed by atoms with Gasteiger partial charge in [0.2, 0.25) is 0 Å². The van der Waals surface area contributed by atoms with Gasteiger partial charge in [0.05, 0.1) is 25.8 Å². The van der Waals surface area contributed by atoms with E-state index in [4.69, 9.17) is 14.5 Å². The molecule has 2 aromatic heterocycles. The number of H-pyrrole nitrogens is 1. The molecule has 0 spiro atoms. The summed E-state index contributed by atoms with van der Waals surface area (Å²) >= 11 is 0. The highest BCUT2D eigenvalue weighted by Crippen LogP contribution is 2.51. The SMILES string of the molecule is COc1cc2ncnc(N3Cc4cccc5[nH]cc(c45)C3C3CC3)c2cc1OC. The van der Waals surface area contributed by atoms with Crippen LogP contribution in [0.2, 0.25) is 0 Å². The minimum absolute atomic E-state index is 0.324. The molecule has 1 N–H and O–H groups in total. The first-order valence-corrected chi connectivity index (χ1v) is 10.0. The number of hydrogen-bond donors (Lipinski definition) is 1. The van der Waals surface area contributed by atoms with Crippen LogP contribution in [-0.4, -0.2) is 29.2 Å². The summed E-state index contributed by atoms with van der Waals surface area (Å²) < 4.78 is 11.0. The molecular formula is C23H22N4O2. The molecule has 1 aliphatic carbocycles. The van der Waals surface area contributed by atoms with Crippen molar-refractivity contribution in [3.63, 3.8) is 0 Å². The van der Waals surface area contributed by atoms with Gasteiger partial charge in [-0.15, -0.1) is 0 Å². The molecule has 1 saturated carbocycles. The van der Waals surface area contributed by atoms with Crippen LogP contribution in [0.3, 0.4) is 0 Å². The van der Waals surface area contributed by atoms with E-state index in [0.29, 0.717) is 23.5 Å². The number of aromatic nitrogens is 3. The van der Waals surface area contributed by atoms with E-state index in [2.05, 4.69) is 39.3 Å². The molecule has 3 heterocycles. The third-order valence-electron chi connectivity index (χ3n) is 6.28. The third-order valence-corrected chi connectivity index (χ3v) is 6.28. The van der Waals surface area contributed by atoms with Gasteiger partial charge in [-0.3, -0.25) is 0 Å². The highest BCUT2D eigenvalue weighted by molar-refractivity contribution is 5.94. The average molecular weight is 386 g/mol. The Morgan fingerprint density at radius 2 is 1.90 bits per heavy atom. The minimum atomic E-state index is 0.324. The number of benzene rings is 2. The van der Waals surface area contributed by atoms with Gasteiger partial charge >= 0.3 is 0 Å². The summed E-state index contributed by atoms with van der Waals surface area (Å²) in [5.41, 5.74) is 4.81. The van der Waals surface area contributed by atoms with Crippen LogP contribution in [0, 0.1) is 5.92 Å². The van der Waals surface area contributed by atoms with Crippen LogP contribution >= 0.6 is 0 Å². The second-order valence-corrected chi connectivity index (χ2v) is 7.92. The molecule has 6 nitrogen and oxygen atoms in total. The molecule has 1 atom stereocenters. The van der Waals surface area contributed by atoms with Crippen molar-refractivity contribution < 1.29 is 9.47 Å². The summed E-state index contributed by atoms with van der Waals surface area (Å²) in [7, 11) is 3.31. The first-order chi connectivity index (χ1) is 14.3. The maximum absolute atomic E-state index is 5.56. The van der Waals surface area contributed by atoms with Crippen LogP contribution in [0.1, 0.15) is 30.0 Å². The van der Waals surface area contributed by atoms with Gasteiger partial charge in [-0.05, 0) is 36.5 Å². The first kappa shape index (κ1) is 16.7. The molecule has 2 aliphatic rings. The topological polar surface area (TPSA) is 63.3 Å². The Balaban J connectivity index is 1.57. The molecule has 6 rings (SSSR count). The maximum atomic E-state index is 5.56. The Morgan fingerprint density at radius 1 is 1.07 bits per heavy atom. The average Bonchev–Trinajstić information content (AvgIpc) is 3.51. The lowest BCUT2D eigenvalue weighted by atomic mass is 9.91. The van der Waals surface area contributed by atoms with E-state index in [9.17, 15) is 0 Å². The lowest BCUT2D eigenvalue weighted by Gasteiger charge is -2.37. The van der Waals surface area contributed by atoms with E-state index in [1.54, 1.807) is 20.5 Å². The van der Waals surface area contributed by atoms with E-state index in [1.807, 2.05) is 12.1 Å². The normalized spacial score (nSPS) is 18.4. The zero-order valence-electron chi connectivity index (χ0n) is 16.5. The number of nitrogens with zero attached hydrogens (tertiary/aromatic N) is 3. The Kier molecular flexibility index (Phi) is 3.51. The number of anilines is 1. The Labute approximate surface area is 168 Å². The number of ether oxygens (including phenoxy) is 2. The summed E-state index contributed by atoms with van der Waals surface area (Å²) in [6, 6.07) is 10.8. The van der Waals surface area contributed by atoms with Crippen molar-refractivity contribution in [2.75, 3.05) is 19.1 Å². The highest BCUT2D eigenvalue weighted by Gasteiger charge is 2.41. The first-order valence-electron chi connectivity index (χ1n) is 10.0. The van der Waals surface area contributed by atoms with E-state index in [-0.39, 0.29) is 0 Å². The molecular weight excluding hydrogens is 364 g/mol. The van der Waals surface area contributed by atoms with E-state index in [0.717, 1.165) is 23.3 Å². The number of nitrogens with one attached hydrogen (secondary N) is 1. The lowest BCUT2D eigenvalue weighted by molar-refractivity contribution is 0.355. The number of methoxy groups -OCH3 is 2. The summed E-state index contributed by atoms with van der Waals surface area (Å²) in [5, 5.41) is 2.38. The van der Waals surface area contributed by atoms with Gasteiger partial charge in [0.1, 0.15) is 12.1 Å². The van der Waals surface area contributed by atoms with Crippen molar-refractivity contribution in [2.45, 2.75) is 25.4 Å². The predicted molar refractivity (Wildman–Crippen MR) is 113 cm³/mol. The van der Waals surface area contributed by atoms with Gasteiger partial charge in [-0.25, -0.2) is 9.97 Å².